The van der Waals surface area contributed by atoms with E-state index in [4.69, 9.17) is 14.0 Å². The third kappa shape index (κ3) is 3.62. The van der Waals surface area contributed by atoms with Crippen LogP contribution in [-0.4, -0.2) is 48.4 Å². The molecule has 1 saturated heterocycles. The third-order valence-electron chi connectivity index (χ3n) is 4.59. The number of ether oxygens (including phenoxy) is 2. The van der Waals surface area contributed by atoms with E-state index in [1.54, 1.807) is 37.3 Å². The first kappa shape index (κ1) is 17.8. The Morgan fingerprint density at radius 1 is 1.11 bits per heavy atom. The van der Waals surface area contributed by atoms with Crippen LogP contribution < -0.4 is 14.8 Å². The van der Waals surface area contributed by atoms with Crippen molar-refractivity contribution < 1.29 is 18.8 Å². The van der Waals surface area contributed by atoms with Crippen molar-refractivity contribution in [1.29, 1.82) is 0 Å². The summed E-state index contributed by atoms with van der Waals surface area (Å²) in [4.78, 5) is 18.6. The van der Waals surface area contributed by atoms with Crippen molar-refractivity contribution in [2.75, 3.05) is 32.6 Å². The fourth-order valence-electron chi connectivity index (χ4n) is 2.99. The Morgan fingerprint density at radius 3 is 2.43 bits per heavy atom. The van der Waals surface area contributed by atoms with E-state index < -0.39 is 0 Å². The van der Waals surface area contributed by atoms with Gasteiger partial charge in [0, 0.05) is 42.5 Å². The molecule has 1 aliphatic heterocycles. The maximum atomic E-state index is 12.5. The van der Waals surface area contributed by atoms with Crippen molar-refractivity contribution in [2.45, 2.75) is 5.92 Å². The highest BCUT2D eigenvalue weighted by atomic mass is 16.5. The number of hydrogen-bond acceptors (Lipinski definition) is 6. The summed E-state index contributed by atoms with van der Waals surface area (Å²) in [6.45, 7) is 1.03. The summed E-state index contributed by atoms with van der Waals surface area (Å²) in [5.74, 6) is 2.36. The van der Waals surface area contributed by atoms with Crippen molar-refractivity contribution in [1.82, 2.24) is 15.0 Å². The van der Waals surface area contributed by atoms with Gasteiger partial charge in [-0.2, -0.15) is 4.98 Å². The van der Waals surface area contributed by atoms with Gasteiger partial charge in [-0.1, -0.05) is 35.5 Å². The van der Waals surface area contributed by atoms with E-state index in [-0.39, 0.29) is 11.9 Å². The van der Waals surface area contributed by atoms with E-state index in [2.05, 4.69) is 15.5 Å². The molecule has 0 aliphatic carbocycles. The number of benzene rings is 2. The van der Waals surface area contributed by atoms with Gasteiger partial charge in [-0.05, 0) is 0 Å². The van der Waals surface area contributed by atoms with Gasteiger partial charge >= 0.3 is 6.03 Å². The second-order valence-corrected chi connectivity index (χ2v) is 6.46. The van der Waals surface area contributed by atoms with Gasteiger partial charge in [0.1, 0.15) is 11.5 Å². The minimum atomic E-state index is -0.200. The zero-order valence-electron chi connectivity index (χ0n) is 15.6. The van der Waals surface area contributed by atoms with E-state index in [9.17, 15) is 4.79 Å². The van der Waals surface area contributed by atoms with Gasteiger partial charge in [0.25, 0.3) is 0 Å². The van der Waals surface area contributed by atoms with Gasteiger partial charge in [-0.3, -0.25) is 0 Å². The van der Waals surface area contributed by atoms with Crippen LogP contribution in [0.2, 0.25) is 0 Å². The van der Waals surface area contributed by atoms with Gasteiger partial charge in [0.2, 0.25) is 11.7 Å². The van der Waals surface area contributed by atoms with E-state index in [0.717, 1.165) is 5.56 Å². The molecule has 2 heterocycles. The minimum Gasteiger partial charge on any atom is -0.497 e. The third-order valence-corrected chi connectivity index (χ3v) is 4.59. The Balaban J connectivity index is 1.36. The molecule has 0 radical (unpaired) electrons. The number of hydrogen-bond donors (Lipinski definition) is 1. The van der Waals surface area contributed by atoms with E-state index in [0.29, 0.717) is 42.0 Å². The molecule has 2 amide bonds. The lowest BCUT2D eigenvalue weighted by molar-refractivity contribution is 0.147. The lowest BCUT2D eigenvalue weighted by Crippen LogP contribution is -2.50. The van der Waals surface area contributed by atoms with Crippen LogP contribution in [0.5, 0.6) is 11.5 Å². The number of nitrogens with zero attached hydrogens (tertiary/aromatic N) is 3. The lowest BCUT2D eigenvalue weighted by Gasteiger charge is -2.36. The number of amides is 2. The molecular formula is C20H20N4O4. The van der Waals surface area contributed by atoms with Crippen LogP contribution in [0.3, 0.4) is 0 Å². The van der Waals surface area contributed by atoms with Gasteiger partial charge in [-0.15, -0.1) is 0 Å². The summed E-state index contributed by atoms with van der Waals surface area (Å²) in [5.41, 5.74) is 1.51. The quantitative estimate of drug-likeness (QED) is 0.730. The summed E-state index contributed by atoms with van der Waals surface area (Å²) in [6.07, 6.45) is 0. The van der Waals surface area contributed by atoms with Crippen molar-refractivity contribution in [3.63, 3.8) is 0 Å². The largest absolute Gasteiger partial charge is 0.497 e. The summed E-state index contributed by atoms with van der Waals surface area (Å²) >= 11 is 0. The molecule has 1 aromatic heterocycles. The van der Waals surface area contributed by atoms with Gasteiger partial charge < -0.3 is 24.2 Å². The van der Waals surface area contributed by atoms with Crippen molar-refractivity contribution >= 4 is 11.7 Å². The average Bonchev–Trinajstić information content (AvgIpc) is 3.16. The molecule has 3 aromatic rings. The highest BCUT2D eigenvalue weighted by Crippen LogP contribution is 2.30. The molecule has 4 rings (SSSR count). The standard InChI is InChI=1S/C20H20N4O4/c1-26-16-8-15(9-17(10-16)27-2)21-20(25)24-11-14(12-24)19-22-18(23-28-19)13-6-4-3-5-7-13/h3-10,14H,11-12H2,1-2H3,(H,21,25). The highest BCUT2D eigenvalue weighted by Gasteiger charge is 2.35. The number of urea groups is 1. The van der Waals surface area contributed by atoms with Crippen molar-refractivity contribution in [2.24, 2.45) is 0 Å². The van der Waals surface area contributed by atoms with Crippen LogP contribution >= 0.6 is 0 Å². The monoisotopic (exact) mass is 380 g/mol. The van der Waals surface area contributed by atoms with E-state index in [1.807, 2.05) is 30.3 Å². The van der Waals surface area contributed by atoms with Gasteiger partial charge in [-0.25, -0.2) is 4.79 Å². The summed E-state index contributed by atoms with van der Waals surface area (Å²) in [6, 6.07) is 14.7. The van der Waals surface area contributed by atoms with Crippen LogP contribution in [0.1, 0.15) is 11.8 Å². The fourth-order valence-corrected chi connectivity index (χ4v) is 2.99. The molecule has 2 aromatic carbocycles. The molecule has 8 heteroatoms. The maximum absolute atomic E-state index is 12.5. The molecule has 8 nitrogen and oxygen atoms in total. The fraction of sp³-hybridized carbons (Fsp3) is 0.250. The lowest BCUT2D eigenvalue weighted by atomic mass is 10.0. The molecule has 28 heavy (non-hydrogen) atoms. The number of anilines is 1. The number of carbonyl (C=O) groups excluding carboxylic acids is 1. The van der Waals surface area contributed by atoms with Crippen LogP contribution in [0.15, 0.2) is 53.1 Å². The van der Waals surface area contributed by atoms with Crippen LogP contribution in [0.4, 0.5) is 10.5 Å². The molecule has 0 bridgehead atoms. The Kier molecular flexibility index (Phi) is 4.84. The molecule has 0 unspecified atom stereocenters. The van der Waals surface area contributed by atoms with Crippen molar-refractivity contribution in [3.8, 4) is 22.9 Å². The molecule has 1 N–H and O–H groups in total. The molecule has 1 fully saturated rings. The Morgan fingerprint density at radius 2 is 1.79 bits per heavy atom. The first-order chi connectivity index (χ1) is 13.7. The number of carbonyl (C=O) groups is 1. The number of nitrogens with one attached hydrogen (secondary N) is 1. The topological polar surface area (TPSA) is 89.7 Å². The molecular weight excluding hydrogens is 360 g/mol. The molecule has 144 valence electrons. The number of aromatic nitrogens is 2. The molecule has 0 atom stereocenters. The van der Waals surface area contributed by atoms with Crippen LogP contribution in [0, 0.1) is 0 Å². The first-order valence-electron chi connectivity index (χ1n) is 8.84. The Bertz CT molecular complexity index is 945. The van der Waals surface area contributed by atoms with E-state index in [1.165, 1.54) is 0 Å². The predicted octanol–water partition coefficient (Wildman–Crippen LogP) is 3.39. The summed E-state index contributed by atoms with van der Waals surface area (Å²) < 4.78 is 15.8. The zero-order valence-corrected chi connectivity index (χ0v) is 15.6. The SMILES string of the molecule is COc1cc(NC(=O)N2CC(c3nc(-c4ccccc4)no3)C2)cc(OC)c1. The second kappa shape index (κ2) is 7.59. The molecule has 0 saturated carbocycles. The summed E-state index contributed by atoms with van der Waals surface area (Å²) in [5, 5.41) is 6.89. The smallest absolute Gasteiger partial charge is 0.321 e. The first-order valence-corrected chi connectivity index (χ1v) is 8.84. The molecule has 1 aliphatic rings. The maximum Gasteiger partial charge on any atom is 0.321 e. The Labute approximate surface area is 162 Å². The van der Waals surface area contributed by atoms with Gasteiger partial charge in [0.15, 0.2) is 0 Å². The number of methoxy groups -OCH3 is 2. The predicted molar refractivity (Wildman–Crippen MR) is 103 cm³/mol. The molecule has 0 spiro atoms. The zero-order chi connectivity index (χ0) is 19.5. The Hall–Kier alpha value is -3.55. The normalized spacial score (nSPS) is 13.7. The van der Waals surface area contributed by atoms with Crippen LogP contribution in [-0.2, 0) is 0 Å². The van der Waals surface area contributed by atoms with Crippen LogP contribution in [0.25, 0.3) is 11.4 Å². The minimum absolute atomic E-state index is 0.0376. The second-order valence-electron chi connectivity index (χ2n) is 6.46. The highest BCUT2D eigenvalue weighted by molar-refractivity contribution is 5.90. The van der Waals surface area contributed by atoms with Crippen molar-refractivity contribution in [3.05, 3.63) is 54.4 Å². The number of rotatable bonds is 5. The summed E-state index contributed by atoms with van der Waals surface area (Å²) in [7, 11) is 3.13. The number of likely N-dealkylation sites (tertiary alicyclic amines) is 1. The average molecular weight is 380 g/mol. The van der Waals surface area contributed by atoms with E-state index >= 15 is 0 Å². The van der Waals surface area contributed by atoms with Gasteiger partial charge in [0.05, 0.1) is 20.1 Å².